The van der Waals surface area contributed by atoms with Crippen molar-refractivity contribution in [2.45, 2.75) is 0 Å². The normalized spacial score (nSPS) is 10.9. The lowest BCUT2D eigenvalue weighted by molar-refractivity contribution is 0.668. The maximum absolute atomic E-state index is 7.43. The van der Waals surface area contributed by atoms with Gasteiger partial charge in [0.1, 0.15) is 22.8 Å². The molecule has 0 saturated carbocycles. The number of furan rings is 1. The Hall–Kier alpha value is -2.82. The molecule has 0 bridgehead atoms. The van der Waals surface area contributed by atoms with Crippen LogP contribution in [0, 0.1) is 10.8 Å². The smallest absolute Gasteiger partial charge is 0.136 e. The summed E-state index contributed by atoms with van der Waals surface area (Å²) >= 11 is 0. The number of nitrogens with two attached hydrogens (primary N) is 2. The van der Waals surface area contributed by atoms with Gasteiger partial charge >= 0.3 is 0 Å². The van der Waals surface area contributed by atoms with E-state index < -0.39 is 0 Å². The summed E-state index contributed by atoms with van der Waals surface area (Å²) < 4.78 is 5.73. The van der Waals surface area contributed by atoms with Gasteiger partial charge in [-0.2, -0.15) is 0 Å². The highest BCUT2D eigenvalue weighted by Gasteiger charge is 2.09. The molecule has 94 valence electrons. The van der Waals surface area contributed by atoms with Gasteiger partial charge in [-0.25, -0.2) is 0 Å². The summed E-state index contributed by atoms with van der Waals surface area (Å²) in [7, 11) is 0. The Kier molecular flexibility index (Phi) is 2.28. The first-order valence-electron chi connectivity index (χ1n) is 5.71. The van der Waals surface area contributed by atoms with Crippen LogP contribution in [0.4, 0.5) is 0 Å². The van der Waals surface area contributed by atoms with Gasteiger partial charge in [-0.1, -0.05) is 12.1 Å². The Morgan fingerprint density at radius 1 is 0.789 bits per heavy atom. The monoisotopic (exact) mass is 252 g/mol. The number of hydrogen-bond acceptors (Lipinski definition) is 3. The first-order valence-corrected chi connectivity index (χ1v) is 5.71. The number of benzene rings is 2. The molecule has 1 heterocycles. The van der Waals surface area contributed by atoms with Crippen molar-refractivity contribution >= 4 is 33.6 Å². The predicted molar refractivity (Wildman–Crippen MR) is 75.8 cm³/mol. The number of rotatable bonds is 2. The fourth-order valence-electron chi connectivity index (χ4n) is 2.11. The van der Waals surface area contributed by atoms with Crippen LogP contribution >= 0.6 is 0 Å². The summed E-state index contributed by atoms with van der Waals surface area (Å²) in [6.45, 7) is 0. The molecule has 0 spiro atoms. The van der Waals surface area contributed by atoms with Gasteiger partial charge in [-0.15, -0.1) is 0 Å². The first-order chi connectivity index (χ1) is 9.06. The standard InChI is InChI=1S/C14H12N4O/c15-13(16)7-1-3-9-10-4-2-8(14(17)18)6-12(10)19-11(9)5-7/h1-6H,(H3,15,16)(H3,17,18). The summed E-state index contributed by atoms with van der Waals surface area (Å²) in [6, 6.07) is 10.8. The van der Waals surface area contributed by atoms with E-state index >= 15 is 0 Å². The van der Waals surface area contributed by atoms with Crippen LogP contribution in [0.5, 0.6) is 0 Å². The van der Waals surface area contributed by atoms with Crippen LogP contribution in [0.1, 0.15) is 11.1 Å². The van der Waals surface area contributed by atoms with Crippen LogP contribution in [0.2, 0.25) is 0 Å². The fourth-order valence-corrected chi connectivity index (χ4v) is 2.11. The average Bonchev–Trinajstić information content (AvgIpc) is 2.74. The molecule has 0 aliphatic heterocycles. The zero-order valence-corrected chi connectivity index (χ0v) is 10.0. The third-order valence-electron chi connectivity index (χ3n) is 3.10. The van der Waals surface area contributed by atoms with E-state index in [1.165, 1.54) is 0 Å². The summed E-state index contributed by atoms with van der Waals surface area (Å²) in [5, 5.41) is 16.8. The Morgan fingerprint density at radius 2 is 1.21 bits per heavy atom. The van der Waals surface area contributed by atoms with Crippen molar-refractivity contribution in [2.75, 3.05) is 0 Å². The molecule has 0 aliphatic carbocycles. The Balaban J connectivity index is 2.31. The van der Waals surface area contributed by atoms with Gasteiger partial charge in [0.05, 0.1) is 0 Å². The molecule has 0 radical (unpaired) electrons. The van der Waals surface area contributed by atoms with E-state index in [0.29, 0.717) is 22.3 Å². The molecule has 0 saturated heterocycles. The second kappa shape index (κ2) is 3.84. The Morgan fingerprint density at radius 3 is 1.58 bits per heavy atom. The van der Waals surface area contributed by atoms with Gasteiger partial charge in [0.2, 0.25) is 0 Å². The zero-order chi connectivity index (χ0) is 13.6. The van der Waals surface area contributed by atoms with E-state index in [1.54, 1.807) is 24.3 Å². The predicted octanol–water partition coefficient (Wildman–Crippen LogP) is 2.15. The SMILES string of the molecule is N=C(N)c1ccc2c(c1)oc1cc(C(=N)N)ccc12. The van der Waals surface area contributed by atoms with E-state index in [1.807, 2.05) is 12.1 Å². The lowest BCUT2D eigenvalue weighted by Gasteiger charge is -1.97. The summed E-state index contributed by atoms with van der Waals surface area (Å²) in [6.07, 6.45) is 0. The average molecular weight is 252 g/mol. The molecule has 0 unspecified atom stereocenters. The Labute approximate surface area is 108 Å². The third-order valence-corrected chi connectivity index (χ3v) is 3.10. The molecular weight excluding hydrogens is 240 g/mol. The van der Waals surface area contributed by atoms with Crippen LogP contribution in [0.3, 0.4) is 0 Å². The minimum Gasteiger partial charge on any atom is -0.456 e. The molecular formula is C14H12N4O. The largest absolute Gasteiger partial charge is 0.456 e. The molecule has 0 atom stereocenters. The van der Waals surface area contributed by atoms with Crippen LogP contribution in [-0.2, 0) is 0 Å². The highest BCUT2D eigenvalue weighted by Crippen LogP contribution is 2.29. The van der Waals surface area contributed by atoms with Crippen molar-refractivity contribution in [1.82, 2.24) is 0 Å². The van der Waals surface area contributed by atoms with E-state index in [2.05, 4.69) is 0 Å². The van der Waals surface area contributed by atoms with Gasteiger partial charge in [-0.3, -0.25) is 10.8 Å². The molecule has 2 aromatic carbocycles. The Bertz CT molecular complexity index is 764. The minimum atomic E-state index is 0.00628. The first kappa shape index (κ1) is 11.3. The minimum absolute atomic E-state index is 0.00628. The number of hydrogen-bond donors (Lipinski definition) is 4. The van der Waals surface area contributed by atoms with Gasteiger partial charge in [0.25, 0.3) is 0 Å². The zero-order valence-electron chi connectivity index (χ0n) is 10.0. The topological polar surface area (TPSA) is 113 Å². The van der Waals surface area contributed by atoms with E-state index in [-0.39, 0.29) is 11.7 Å². The number of nitrogen functional groups attached to an aromatic ring is 2. The number of amidine groups is 2. The van der Waals surface area contributed by atoms with Gasteiger partial charge in [0, 0.05) is 21.9 Å². The highest BCUT2D eigenvalue weighted by atomic mass is 16.3. The van der Waals surface area contributed by atoms with Crippen LogP contribution < -0.4 is 11.5 Å². The van der Waals surface area contributed by atoms with Gasteiger partial charge < -0.3 is 15.9 Å². The maximum atomic E-state index is 7.43. The molecule has 6 N–H and O–H groups in total. The van der Waals surface area contributed by atoms with E-state index in [4.69, 9.17) is 26.7 Å². The van der Waals surface area contributed by atoms with Gasteiger partial charge in [0.15, 0.2) is 0 Å². The molecule has 3 aromatic rings. The second-order valence-electron chi connectivity index (χ2n) is 4.35. The number of fused-ring (bicyclic) bond motifs is 3. The molecule has 5 heteroatoms. The van der Waals surface area contributed by atoms with Crippen LogP contribution in [0.25, 0.3) is 21.9 Å². The molecule has 1 aromatic heterocycles. The number of nitrogens with one attached hydrogen (secondary N) is 2. The van der Waals surface area contributed by atoms with Crippen LogP contribution in [0.15, 0.2) is 40.8 Å². The summed E-state index contributed by atoms with van der Waals surface area (Å²) in [5.74, 6) is 0.0126. The molecule has 5 nitrogen and oxygen atoms in total. The summed E-state index contributed by atoms with van der Waals surface area (Å²) in [5.41, 5.74) is 13.5. The lowest BCUT2D eigenvalue weighted by Crippen LogP contribution is -2.10. The lowest BCUT2D eigenvalue weighted by atomic mass is 10.1. The maximum Gasteiger partial charge on any atom is 0.136 e. The molecule has 0 aliphatic rings. The van der Waals surface area contributed by atoms with Crippen molar-refractivity contribution in [3.63, 3.8) is 0 Å². The van der Waals surface area contributed by atoms with Crippen molar-refractivity contribution in [2.24, 2.45) is 11.5 Å². The molecule has 0 amide bonds. The van der Waals surface area contributed by atoms with E-state index in [0.717, 1.165) is 10.8 Å². The van der Waals surface area contributed by atoms with Crippen molar-refractivity contribution < 1.29 is 4.42 Å². The molecule has 3 rings (SSSR count). The molecule has 19 heavy (non-hydrogen) atoms. The van der Waals surface area contributed by atoms with Crippen LogP contribution in [-0.4, -0.2) is 11.7 Å². The quantitative estimate of drug-likeness (QED) is 0.414. The second-order valence-corrected chi connectivity index (χ2v) is 4.35. The highest BCUT2D eigenvalue weighted by molar-refractivity contribution is 6.09. The van der Waals surface area contributed by atoms with Crippen molar-refractivity contribution in [1.29, 1.82) is 10.8 Å². The van der Waals surface area contributed by atoms with Crippen molar-refractivity contribution in [3.8, 4) is 0 Å². The molecule has 0 fully saturated rings. The third kappa shape index (κ3) is 1.72. The van der Waals surface area contributed by atoms with Gasteiger partial charge in [-0.05, 0) is 24.3 Å². The van der Waals surface area contributed by atoms with Crippen molar-refractivity contribution in [3.05, 3.63) is 47.5 Å². The van der Waals surface area contributed by atoms with E-state index in [9.17, 15) is 0 Å². The summed E-state index contributed by atoms with van der Waals surface area (Å²) in [4.78, 5) is 0. The fraction of sp³-hybridized carbons (Fsp3) is 0.